The first-order chi connectivity index (χ1) is 10.8. The molecule has 0 radical (unpaired) electrons. The predicted octanol–water partition coefficient (Wildman–Crippen LogP) is 4.53. The second kappa shape index (κ2) is 8.93. The van der Waals surface area contributed by atoms with Crippen LogP contribution in [0.3, 0.4) is 0 Å². The van der Waals surface area contributed by atoms with Crippen molar-refractivity contribution in [2.45, 2.75) is 19.8 Å². The summed E-state index contributed by atoms with van der Waals surface area (Å²) in [6.07, 6.45) is 2.20. The summed E-state index contributed by atoms with van der Waals surface area (Å²) in [5.41, 5.74) is 1.95. The molecule has 3 nitrogen and oxygen atoms in total. The number of anilines is 2. The Balaban J connectivity index is 1.72. The van der Waals surface area contributed by atoms with Crippen LogP contribution in [-0.2, 0) is 0 Å². The maximum absolute atomic E-state index is 12.8. The van der Waals surface area contributed by atoms with Crippen molar-refractivity contribution in [2.75, 3.05) is 30.3 Å². The molecule has 0 saturated heterocycles. The standard InChI is InChI=1S/C18H23FN2O/c1-2-3-13-22-18-6-4-5-17(14-18)21-12-11-20-16-9-7-15(19)8-10-16/h4-10,14,20-21H,2-3,11-13H2,1H3. The summed E-state index contributed by atoms with van der Waals surface area (Å²) in [5, 5.41) is 6.58. The zero-order valence-electron chi connectivity index (χ0n) is 12.9. The van der Waals surface area contributed by atoms with Crippen LogP contribution in [0.5, 0.6) is 5.75 Å². The van der Waals surface area contributed by atoms with E-state index in [0.717, 1.165) is 49.7 Å². The Kier molecular flexibility index (Phi) is 6.55. The molecule has 2 N–H and O–H groups in total. The lowest BCUT2D eigenvalue weighted by Gasteiger charge is -2.11. The number of halogens is 1. The molecular formula is C18H23FN2O. The van der Waals surface area contributed by atoms with Crippen molar-refractivity contribution in [3.8, 4) is 5.75 Å². The third-order valence-electron chi connectivity index (χ3n) is 3.23. The van der Waals surface area contributed by atoms with E-state index in [-0.39, 0.29) is 5.82 Å². The molecule has 0 aliphatic rings. The zero-order chi connectivity index (χ0) is 15.6. The summed E-state index contributed by atoms with van der Waals surface area (Å²) in [5.74, 6) is 0.675. The highest BCUT2D eigenvalue weighted by molar-refractivity contribution is 5.48. The molecule has 22 heavy (non-hydrogen) atoms. The largest absolute Gasteiger partial charge is 0.494 e. The van der Waals surface area contributed by atoms with Gasteiger partial charge in [0, 0.05) is 30.5 Å². The number of rotatable bonds is 9. The van der Waals surface area contributed by atoms with E-state index in [9.17, 15) is 4.39 Å². The predicted molar refractivity (Wildman–Crippen MR) is 90.2 cm³/mol. The first kappa shape index (κ1) is 16.1. The topological polar surface area (TPSA) is 33.3 Å². The van der Waals surface area contributed by atoms with Crippen LogP contribution in [0, 0.1) is 5.82 Å². The average molecular weight is 302 g/mol. The monoisotopic (exact) mass is 302 g/mol. The molecule has 0 aliphatic heterocycles. The van der Waals surface area contributed by atoms with Crippen LogP contribution < -0.4 is 15.4 Å². The highest BCUT2D eigenvalue weighted by atomic mass is 19.1. The molecule has 0 amide bonds. The van der Waals surface area contributed by atoms with Crippen LogP contribution in [0.1, 0.15) is 19.8 Å². The summed E-state index contributed by atoms with van der Waals surface area (Å²) in [6, 6.07) is 14.3. The quantitative estimate of drug-likeness (QED) is 0.668. The SMILES string of the molecule is CCCCOc1cccc(NCCNc2ccc(F)cc2)c1. The van der Waals surface area contributed by atoms with Gasteiger partial charge in [-0.25, -0.2) is 4.39 Å². The van der Waals surface area contributed by atoms with Crippen molar-refractivity contribution in [1.82, 2.24) is 0 Å². The molecule has 0 spiro atoms. The van der Waals surface area contributed by atoms with E-state index >= 15 is 0 Å². The fraction of sp³-hybridized carbons (Fsp3) is 0.333. The zero-order valence-corrected chi connectivity index (χ0v) is 12.9. The summed E-state index contributed by atoms with van der Waals surface area (Å²) < 4.78 is 18.5. The maximum atomic E-state index is 12.8. The van der Waals surface area contributed by atoms with Gasteiger partial charge in [-0.05, 0) is 42.8 Å². The summed E-state index contributed by atoms with van der Waals surface area (Å²) in [7, 11) is 0. The average Bonchev–Trinajstić information content (AvgIpc) is 2.54. The second-order valence-corrected chi connectivity index (χ2v) is 5.09. The first-order valence-electron chi connectivity index (χ1n) is 7.74. The smallest absolute Gasteiger partial charge is 0.123 e. The van der Waals surface area contributed by atoms with Gasteiger partial charge in [0.05, 0.1) is 6.61 Å². The van der Waals surface area contributed by atoms with E-state index in [1.807, 2.05) is 24.3 Å². The minimum absolute atomic E-state index is 0.219. The van der Waals surface area contributed by atoms with Crippen LogP contribution in [0.2, 0.25) is 0 Å². The molecule has 0 fully saturated rings. The number of unbranched alkanes of at least 4 members (excludes halogenated alkanes) is 1. The van der Waals surface area contributed by atoms with Crippen molar-refractivity contribution < 1.29 is 9.13 Å². The third-order valence-corrected chi connectivity index (χ3v) is 3.23. The Bertz CT molecular complexity index is 557. The Morgan fingerprint density at radius 3 is 2.41 bits per heavy atom. The molecule has 2 aromatic rings. The highest BCUT2D eigenvalue weighted by Gasteiger charge is 1.97. The Labute approximate surface area is 131 Å². The summed E-state index contributed by atoms with van der Waals surface area (Å²) in [4.78, 5) is 0. The van der Waals surface area contributed by atoms with Gasteiger partial charge in [0.2, 0.25) is 0 Å². The van der Waals surface area contributed by atoms with Gasteiger partial charge in [0.15, 0.2) is 0 Å². The van der Waals surface area contributed by atoms with Gasteiger partial charge in [-0.2, -0.15) is 0 Å². The Morgan fingerprint density at radius 2 is 1.68 bits per heavy atom. The molecule has 0 bridgehead atoms. The van der Waals surface area contributed by atoms with Crippen LogP contribution in [0.15, 0.2) is 48.5 Å². The van der Waals surface area contributed by atoms with Gasteiger partial charge >= 0.3 is 0 Å². The lowest BCUT2D eigenvalue weighted by atomic mass is 10.3. The van der Waals surface area contributed by atoms with Gasteiger partial charge in [-0.1, -0.05) is 19.4 Å². The molecule has 0 unspecified atom stereocenters. The second-order valence-electron chi connectivity index (χ2n) is 5.09. The van der Waals surface area contributed by atoms with Crippen LogP contribution in [-0.4, -0.2) is 19.7 Å². The minimum atomic E-state index is -0.219. The van der Waals surface area contributed by atoms with Crippen molar-refractivity contribution in [1.29, 1.82) is 0 Å². The van der Waals surface area contributed by atoms with Gasteiger partial charge in [-0.3, -0.25) is 0 Å². The molecule has 0 aliphatic carbocycles. The van der Waals surface area contributed by atoms with E-state index in [4.69, 9.17) is 4.74 Å². The maximum Gasteiger partial charge on any atom is 0.123 e. The van der Waals surface area contributed by atoms with Crippen molar-refractivity contribution in [3.05, 3.63) is 54.3 Å². The van der Waals surface area contributed by atoms with Crippen molar-refractivity contribution in [3.63, 3.8) is 0 Å². The van der Waals surface area contributed by atoms with Crippen LogP contribution >= 0.6 is 0 Å². The number of ether oxygens (including phenoxy) is 1. The molecule has 4 heteroatoms. The van der Waals surface area contributed by atoms with Crippen molar-refractivity contribution in [2.24, 2.45) is 0 Å². The fourth-order valence-corrected chi connectivity index (χ4v) is 2.01. The molecule has 0 heterocycles. The van der Waals surface area contributed by atoms with E-state index in [2.05, 4.69) is 17.6 Å². The highest BCUT2D eigenvalue weighted by Crippen LogP contribution is 2.17. The molecular weight excluding hydrogens is 279 g/mol. The van der Waals surface area contributed by atoms with Gasteiger partial charge < -0.3 is 15.4 Å². The van der Waals surface area contributed by atoms with E-state index in [1.165, 1.54) is 12.1 Å². The normalized spacial score (nSPS) is 10.3. The molecule has 118 valence electrons. The molecule has 0 atom stereocenters. The van der Waals surface area contributed by atoms with E-state index < -0.39 is 0 Å². The lowest BCUT2D eigenvalue weighted by Crippen LogP contribution is -2.13. The molecule has 2 aromatic carbocycles. The fourth-order valence-electron chi connectivity index (χ4n) is 2.01. The molecule has 0 saturated carbocycles. The number of benzene rings is 2. The van der Waals surface area contributed by atoms with Gasteiger partial charge in [0.1, 0.15) is 11.6 Å². The van der Waals surface area contributed by atoms with Crippen LogP contribution in [0.25, 0.3) is 0 Å². The van der Waals surface area contributed by atoms with Gasteiger partial charge in [-0.15, -0.1) is 0 Å². The first-order valence-corrected chi connectivity index (χ1v) is 7.74. The molecule has 2 rings (SSSR count). The third kappa shape index (κ3) is 5.64. The number of hydrogen-bond donors (Lipinski definition) is 2. The summed E-state index contributed by atoms with van der Waals surface area (Å²) in [6.45, 7) is 4.43. The lowest BCUT2D eigenvalue weighted by molar-refractivity contribution is 0.309. The number of nitrogens with one attached hydrogen (secondary N) is 2. The number of hydrogen-bond acceptors (Lipinski definition) is 3. The Hall–Kier alpha value is -2.23. The summed E-state index contributed by atoms with van der Waals surface area (Å²) >= 11 is 0. The minimum Gasteiger partial charge on any atom is -0.494 e. The van der Waals surface area contributed by atoms with Crippen LogP contribution in [0.4, 0.5) is 15.8 Å². The van der Waals surface area contributed by atoms with E-state index in [1.54, 1.807) is 12.1 Å². The van der Waals surface area contributed by atoms with Gasteiger partial charge in [0.25, 0.3) is 0 Å². The molecule has 0 aromatic heterocycles. The van der Waals surface area contributed by atoms with E-state index in [0.29, 0.717) is 0 Å². The van der Waals surface area contributed by atoms with Crippen molar-refractivity contribution >= 4 is 11.4 Å². The Morgan fingerprint density at radius 1 is 0.955 bits per heavy atom.